The summed E-state index contributed by atoms with van der Waals surface area (Å²) in [5.74, 6) is -0.0843. The fourth-order valence-electron chi connectivity index (χ4n) is 2.52. The molecule has 0 radical (unpaired) electrons. The number of rotatable bonds is 3. The van der Waals surface area contributed by atoms with Gasteiger partial charge in [-0.15, -0.1) is 0 Å². The Bertz CT molecular complexity index is 650. The summed E-state index contributed by atoms with van der Waals surface area (Å²) in [4.78, 5) is 17.4. The number of aryl methyl sites for hydroxylation is 2. The molecule has 4 heteroatoms. The van der Waals surface area contributed by atoms with E-state index in [9.17, 15) is 9.90 Å². The smallest absolute Gasteiger partial charge is 0.255 e. The highest BCUT2D eigenvalue weighted by molar-refractivity contribution is 6.06. The number of benzene rings is 1. The van der Waals surface area contributed by atoms with Crippen LogP contribution in [0, 0.1) is 13.8 Å². The molecule has 0 atom stereocenters. The summed E-state index contributed by atoms with van der Waals surface area (Å²) in [5.41, 5.74) is 2.85. The van der Waals surface area contributed by atoms with Gasteiger partial charge in [0.2, 0.25) is 0 Å². The van der Waals surface area contributed by atoms with Crippen molar-refractivity contribution in [3.63, 3.8) is 0 Å². The molecule has 20 heavy (non-hydrogen) atoms. The number of H-pyrrole nitrogens is 1. The number of hydrogen-bond donors (Lipinski definition) is 2. The molecule has 0 bridgehead atoms. The summed E-state index contributed by atoms with van der Waals surface area (Å²) in [6.45, 7) is 7.73. The number of hydrogen-bond acceptors (Lipinski definition) is 2. The highest BCUT2D eigenvalue weighted by atomic mass is 16.3. The zero-order valence-electron chi connectivity index (χ0n) is 12.7. The summed E-state index contributed by atoms with van der Waals surface area (Å²) in [5, 5.41) is 10.9. The molecule has 0 saturated heterocycles. The number of nitrogens with one attached hydrogen (secondary N) is 1. The van der Waals surface area contributed by atoms with Crippen LogP contribution in [0.25, 0.3) is 10.9 Å². The first-order valence-corrected chi connectivity index (χ1v) is 6.76. The molecule has 2 rings (SSSR count). The van der Waals surface area contributed by atoms with Crippen molar-refractivity contribution in [2.45, 2.75) is 33.3 Å². The molecular formula is C16H22N2O2. The zero-order valence-corrected chi connectivity index (χ0v) is 12.7. The lowest BCUT2D eigenvalue weighted by Gasteiger charge is -2.25. The van der Waals surface area contributed by atoms with E-state index in [2.05, 4.69) is 4.98 Å². The lowest BCUT2D eigenvalue weighted by molar-refractivity contribution is 0.0369. The van der Waals surface area contributed by atoms with E-state index in [1.54, 1.807) is 25.8 Å². The summed E-state index contributed by atoms with van der Waals surface area (Å²) in [7, 11) is 1.71. The molecule has 0 aliphatic rings. The second-order valence-electron chi connectivity index (χ2n) is 6.08. The molecule has 0 fully saturated rings. The second-order valence-corrected chi connectivity index (χ2v) is 6.08. The van der Waals surface area contributed by atoms with Crippen LogP contribution in [0.15, 0.2) is 18.2 Å². The average Bonchev–Trinajstić information content (AvgIpc) is 2.62. The number of amides is 1. The number of aromatic amines is 1. The van der Waals surface area contributed by atoms with Crippen molar-refractivity contribution in [1.29, 1.82) is 0 Å². The predicted molar refractivity (Wildman–Crippen MR) is 81.0 cm³/mol. The molecule has 2 N–H and O–H groups in total. The van der Waals surface area contributed by atoms with E-state index in [4.69, 9.17) is 0 Å². The Morgan fingerprint density at radius 3 is 2.60 bits per heavy atom. The second kappa shape index (κ2) is 4.94. The van der Waals surface area contributed by atoms with Gasteiger partial charge in [0.05, 0.1) is 16.7 Å². The number of likely N-dealkylation sites (N-methyl/N-ethyl adjacent to an activating group) is 1. The van der Waals surface area contributed by atoms with Crippen molar-refractivity contribution < 1.29 is 9.90 Å². The number of aliphatic hydroxyl groups is 1. The molecule has 1 amide bonds. The van der Waals surface area contributed by atoms with Crippen molar-refractivity contribution in [3.05, 3.63) is 35.0 Å². The van der Waals surface area contributed by atoms with Crippen molar-refractivity contribution in [3.8, 4) is 0 Å². The molecule has 0 aliphatic carbocycles. The van der Waals surface area contributed by atoms with Gasteiger partial charge in [-0.3, -0.25) is 4.79 Å². The summed E-state index contributed by atoms with van der Waals surface area (Å²) >= 11 is 0. The lowest BCUT2D eigenvalue weighted by atomic mass is 10.1. The van der Waals surface area contributed by atoms with Crippen LogP contribution in [0.3, 0.4) is 0 Å². The van der Waals surface area contributed by atoms with E-state index in [0.29, 0.717) is 12.1 Å². The van der Waals surface area contributed by atoms with Crippen LogP contribution in [0.5, 0.6) is 0 Å². The Balaban J connectivity index is 2.43. The Morgan fingerprint density at radius 2 is 2.00 bits per heavy atom. The van der Waals surface area contributed by atoms with Gasteiger partial charge in [0.25, 0.3) is 5.91 Å². The van der Waals surface area contributed by atoms with Crippen molar-refractivity contribution >= 4 is 16.8 Å². The maximum atomic E-state index is 12.6. The summed E-state index contributed by atoms with van der Waals surface area (Å²) < 4.78 is 0. The molecule has 0 spiro atoms. The highest BCUT2D eigenvalue weighted by Crippen LogP contribution is 2.25. The fourth-order valence-corrected chi connectivity index (χ4v) is 2.52. The van der Waals surface area contributed by atoms with Gasteiger partial charge in [0.1, 0.15) is 0 Å². The largest absolute Gasteiger partial charge is 0.389 e. The van der Waals surface area contributed by atoms with Gasteiger partial charge in [-0.2, -0.15) is 0 Å². The van der Waals surface area contributed by atoms with Crippen LogP contribution < -0.4 is 0 Å². The van der Waals surface area contributed by atoms with Gasteiger partial charge in [-0.05, 0) is 39.3 Å². The molecule has 0 saturated carbocycles. The number of fused-ring (bicyclic) bond motifs is 1. The average molecular weight is 274 g/mol. The number of nitrogens with zero attached hydrogens (tertiary/aromatic N) is 1. The minimum absolute atomic E-state index is 0.0843. The Kier molecular flexibility index (Phi) is 3.61. The number of aromatic nitrogens is 1. The number of carbonyl (C=O) groups is 1. The molecule has 108 valence electrons. The molecule has 0 aliphatic heterocycles. The van der Waals surface area contributed by atoms with E-state index in [-0.39, 0.29) is 5.91 Å². The third-order valence-electron chi connectivity index (χ3n) is 3.54. The van der Waals surface area contributed by atoms with Crippen LogP contribution in [0.2, 0.25) is 0 Å². The lowest BCUT2D eigenvalue weighted by Crippen LogP contribution is -2.39. The fraction of sp³-hybridized carbons (Fsp3) is 0.438. The first kappa shape index (κ1) is 14.6. The number of carbonyl (C=O) groups excluding carboxylic acids is 1. The minimum atomic E-state index is -0.903. The van der Waals surface area contributed by atoms with Gasteiger partial charge in [-0.25, -0.2) is 0 Å². The predicted octanol–water partition coefficient (Wildman–Crippen LogP) is 2.63. The quantitative estimate of drug-likeness (QED) is 0.904. The third kappa shape index (κ3) is 2.70. The maximum Gasteiger partial charge on any atom is 0.255 e. The zero-order chi connectivity index (χ0) is 15.1. The Morgan fingerprint density at radius 1 is 1.35 bits per heavy atom. The van der Waals surface area contributed by atoms with E-state index in [1.807, 2.05) is 32.0 Å². The molecule has 1 aromatic heterocycles. The standard InChI is InChI=1S/C16H22N2O2/c1-10-11(2)17-14-12(10)7-6-8-13(14)15(19)18(5)9-16(3,4)20/h6-8,17,20H,9H2,1-5H3. The van der Waals surface area contributed by atoms with Gasteiger partial charge in [-0.1, -0.05) is 12.1 Å². The molecule has 1 aromatic carbocycles. The van der Waals surface area contributed by atoms with Crippen LogP contribution in [0.4, 0.5) is 0 Å². The minimum Gasteiger partial charge on any atom is -0.389 e. The van der Waals surface area contributed by atoms with Crippen LogP contribution >= 0.6 is 0 Å². The molecule has 0 unspecified atom stereocenters. The topological polar surface area (TPSA) is 56.3 Å². The first-order chi connectivity index (χ1) is 9.20. The van der Waals surface area contributed by atoms with Crippen LogP contribution in [-0.2, 0) is 0 Å². The van der Waals surface area contributed by atoms with E-state index in [0.717, 1.165) is 16.6 Å². The van der Waals surface area contributed by atoms with Gasteiger partial charge in [0.15, 0.2) is 0 Å². The van der Waals surface area contributed by atoms with Gasteiger partial charge < -0.3 is 15.0 Å². The van der Waals surface area contributed by atoms with Crippen LogP contribution in [-0.4, -0.2) is 40.1 Å². The summed E-state index contributed by atoms with van der Waals surface area (Å²) in [6, 6.07) is 5.73. The molecule has 4 nitrogen and oxygen atoms in total. The van der Waals surface area contributed by atoms with Gasteiger partial charge in [0, 0.05) is 24.7 Å². The molecule has 1 heterocycles. The normalized spacial score (nSPS) is 11.9. The Labute approximate surface area is 119 Å². The summed E-state index contributed by atoms with van der Waals surface area (Å²) in [6.07, 6.45) is 0. The van der Waals surface area contributed by atoms with E-state index in [1.165, 1.54) is 5.56 Å². The SMILES string of the molecule is Cc1[nH]c2c(C(=O)N(C)CC(C)(C)O)cccc2c1C. The van der Waals surface area contributed by atoms with Crippen molar-refractivity contribution in [1.82, 2.24) is 9.88 Å². The number of para-hydroxylation sites is 1. The van der Waals surface area contributed by atoms with Crippen molar-refractivity contribution in [2.24, 2.45) is 0 Å². The monoisotopic (exact) mass is 274 g/mol. The molecule has 2 aromatic rings. The Hall–Kier alpha value is -1.81. The third-order valence-corrected chi connectivity index (χ3v) is 3.54. The molecular weight excluding hydrogens is 252 g/mol. The van der Waals surface area contributed by atoms with Gasteiger partial charge >= 0.3 is 0 Å². The van der Waals surface area contributed by atoms with Crippen molar-refractivity contribution in [2.75, 3.05) is 13.6 Å². The highest BCUT2D eigenvalue weighted by Gasteiger charge is 2.22. The van der Waals surface area contributed by atoms with E-state index >= 15 is 0 Å². The first-order valence-electron chi connectivity index (χ1n) is 6.76. The van der Waals surface area contributed by atoms with Crippen LogP contribution in [0.1, 0.15) is 35.5 Å². The van der Waals surface area contributed by atoms with E-state index < -0.39 is 5.60 Å². The maximum absolute atomic E-state index is 12.6.